The van der Waals surface area contributed by atoms with Gasteiger partial charge in [0.05, 0.1) is 18.4 Å². The number of nitrogens with one attached hydrogen (secondary N) is 1. The van der Waals surface area contributed by atoms with E-state index in [2.05, 4.69) is 10.5 Å². The summed E-state index contributed by atoms with van der Waals surface area (Å²) < 4.78 is 43.3. The highest BCUT2D eigenvalue weighted by atomic mass is 35.5. The Morgan fingerprint density at radius 3 is 2.71 bits per heavy atom. The van der Waals surface area contributed by atoms with Gasteiger partial charge in [-0.3, -0.25) is 4.79 Å². The molecule has 1 aliphatic rings. The molecule has 0 aliphatic carbocycles. The highest BCUT2D eigenvalue weighted by molar-refractivity contribution is 5.85. The Hall–Kier alpha value is -1.28. The van der Waals surface area contributed by atoms with Crippen molar-refractivity contribution in [3.8, 4) is 0 Å². The van der Waals surface area contributed by atoms with Crippen LogP contribution in [0, 0.1) is 18.8 Å². The van der Waals surface area contributed by atoms with Gasteiger partial charge in [-0.15, -0.1) is 12.4 Å². The van der Waals surface area contributed by atoms with Crippen LogP contribution in [0.5, 0.6) is 0 Å². The molecule has 0 aromatic carbocycles. The van der Waals surface area contributed by atoms with Gasteiger partial charge in [0.1, 0.15) is 11.5 Å². The summed E-state index contributed by atoms with van der Waals surface area (Å²) in [7, 11) is 1.47. The molecule has 1 aromatic heterocycles. The monoisotopic (exact) mass is 327 g/mol. The smallest absolute Gasteiger partial charge is 0.361 e. The fourth-order valence-electron chi connectivity index (χ4n) is 2.38. The van der Waals surface area contributed by atoms with Gasteiger partial charge in [0, 0.05) is 26.2 Å². The molecule has 1 N–H and O–H groups in total. The second-order valence-electron chi connectivity index (χ2n) is 5.04. The molecule has 1 amide bonds. The average Bonchev–Trinajstić information content (AvgIpc) is 2.96. The van der Waals surface area contributed by atoms with Crippen molar-refractivity contribution in [3.63, 3.8) is 0 Å². The van der Waals surface area contributed by atoms with Crippen molar-refractivity contribution < 1.29 is 22.5 Å². The van der Waals surface area contributed by atoms with Gasteiger partial charge in [0.2, 0.25) is 5.91 Å². The van der Waals surface area contributed by atoms with Crippen LogP contribution in [0.3, 0.4) is 0 Å². The zero-order valence-corrected chi connectivity index (χ0v) is 12.4. The van der Waals surface area contributed by atoms with Gasteiger partial charge in [0.25, 0.3) is 0 Å². The number of nitrogens with zero attached hydrogens (tertiary/aromatic N) is 2. The molecule has 2 heterocycles. The second-order valence-corrected chi connectivity index (χ2v) is 5.04. The first kappa shape index (κ1) is 17.8. The molecular formula is C12H17ClF3N3O2. The normalized spacial score (nSPS) is 22.0. The van der Waals surface area contributed by atoms with E-state index in [0.717, 1.165) is 0 Å². The summed E-state index contributed by atoms with van der Waals surface area (Å²) in [6.07, 6.45) is -4.37. The minimum atomic E-state index is -4.37. The maximum atomic E-state index is 12.8. The van der Waals surface area contributed by atoms with Gasteiger partial charge in [-0.25, -0.2) is 0 Å². The van der Waals surface area contributed by atoms with Crippen LogP contribution >= 0.6 is 12.4 Å². The molecule has 2 atom stereocenters. The third-order valence-electron chi connectivity index (χ3n) is 3.40. The number of carbonyl (C=O) groups excluding carboxylic acids is 1. The lowest BCUT2D eigenvalue weighted by Crippen LogP contribution is -2.40. The zero-order valence-electron chi connectivity index (χ0n) is 11.6. The van der Waals surface area contributed by atoms with Crippen LogP contribution in [-0.4, -0.2) is 42.3 Å². The molecule has 120 valence electrons. The largest absolute Gasteiger partial charge is 0.393 e. The Balaban J connectivity index is 0.00000220. The SMILES string of the molecule is Cc1cc(CN(C)C(=O)[C@@H]2CNC[C@H]2C(F)(F)F)no1.Cl. The maximum Gasteiger partial charge on any atom is 0.393 e. The molecule has 1 fully saturated rings. The van der Waals surface area contributed by atoms with Crippen LogP contribution in [0.15, 0.2) is 10.6 Å². The van der Waals surface area contributed by atoms with Gasteiger partial charge < -0.3 is 14.7 Å². The average molecular weight is 328 g/mol. The van der Waals surface area contributed by atoms with Crippen LogP contribution < -0.4 is 5.32 Å². The summed E-state index contributed by atoms with van der Waals surface area (Å²) in [6.45, 7) is 1.68. The maximum absolute atomic E-state index is 12.8. The van der Waals surface area contributed by atoms with E-state index >= 15 is 0 Å². The van der Waals surface area contributed by atoms with Gasteiger partial charge in [0.15, 0.2) is 0 Å². The van der Waals surface area contributed by atoms with Crippen LogP contribution in [-0.2, 0) is 11.3 Å². The summed E-state index contributed by atoms with van der Waals surface area (Å²) in [5.41, 5.74) is 0.521. The van der Waals surface area contributed by atoms with Crippen LogP contribution in [0.1, 0.15) is 11.5 Å². The van der Waals surface area contributed by atoms with Crippen molar-refractivity contribution in [2.75, 3.05) is 20.1 Å². The van der Waals surface area contributed by atoms with Gasteiger partial charge in [-0.1, -0.05) is 5.16 Å². The van der Waals surface area contributed by atoms with E-state index in [0.29, 0.717) is 11.5 Å². The Morgan fingerprint density at radius 2 is 2.19 bits per heavy atom. The predicted molar refractivity (Wildman–Crippen MR) is 70.9 cm³/mol. The lowest BCUT2D eigenvalue weighted by molar-refractivity contribution is -0.184. The number of hydrogen-bond donors (Lipinski definition) is 1. The molecule has 0 spiro atoms. The fraction of sp³-hybridized carbons (Fsp3) is 0.667. The minimum Gasteiger partial charge on any atom is -0.361 e. The molecule has 0 radical (unpaired) electrons. The van der Waals surface area contributed by atoms with Gasteiger partial charge in [-0.05, 0) is 6.92 Å². The molecular weight excluding hydrogens is 311 g/mol. The summed E-state index contributed by atoms with van der Waals surface area (Å²) >= 11 is 0. The Kier molecular flexibility index (Phi) is 5.63. The highest BCUT2D eigenvalue weighted by Crippen LogP contribution is 2.35. The number of rotatable bonds is 3. The molecule has 0 unspecified atom stereocenters. The third kappa shape index (κ3) is 4.10. The van der Waals surface area contributed by atoms with Crippen molar-refractivity contribution in [3.05, 3.63) is 17.5 Å². The molecule has 1 saturated heterocycles. The van der Waals surface area contributed by atoms with E-state index in [-0.39, 0.29) is 32.0 Å². The van der Waals surface area contributed by atoms with Crippen molar-refractivity contribution in [1.82, 2.24) is 15.4 Å². The number of hydrogen-bond acceptors (Lipinski definition) is 4. The topological polar surface area (TPSA) is 58.4 Å². The lowest BCUT2D eigenvalue weighted by Gasteiger charge is -2.25. The number of amides is 1. The van der Waals surface area contributed by atoms with Crippen molar-refractivity contribution >= 4 is 18.3 Å². The Labute approximate surface area is 126 Å². The minimum absolute atomic E-state index is 0. The van der Waals surface area contributed by atoms with E-state index in [4.69, 9.17) is 4.52 Å². The van der Waals surface area contributed by atoms with Crippen LogP contribution in [0.25, 0.3) is 0 Å². The molecule has 0 bridgehead atoms. The number of aromatic nitrogens is 1. The van der Waals surface area contributed by atoms with Crippen molar-refractivity contribution in [1.29, 1.82) is 0 Å². The van der Waals surface area contributed by atoms with E-state index in [1.54, 1.807) is 13.0 Å². The van der Waals surface area contributed by atoms with Gasteiger partial charge >= 0.3 is 6.18 Å². The fourth-order valence-corrected chi connectivity index (χ4v) is 2.38. The molecule has 9 heteroatoms. The molecule has 0 saturated carbocycles. The second kappa shape index (κ2) is 6.65. The molecule has 2 rings (SSSR count). The van der Waals surface area contributed by atoms with Crippen LogP contribution in [0.2, 0.25) is 0 Å². The molecule has 5 nitrogen and oxygen atoms in total. The zero-order chi connectivity index (χ0) is 14.9. The first-order valence-corrected chi connectivity index (χ1v) is 6.23. The highest BCUT2D eigenvalue weighted by Gasteiger charge is 2.50. The molecule has 1 aromatic rings. The van der Waals surface area contributed by atoms with E-state index in [1.165, 1.54) is 11.9 Å². The quantitative estimate of drug-likeness (QED) is 0.919. The first-order valence-electron chi connectivity index (χ1n) is 6.23. The first-order chi connectivity index (χ1) is 9.29. The van der Waals surface area contributed by atoms with Crippen molar-refractivity contribution in [2.45, 2.75) is 19.6 Å². The van der Waals surface area contributed by atoms with E-state index < -0.39 is 23.9 Å². The summed E-state index contributed by atoms with van der Waals surface area (Å²) in [4.78, 5) is 13.4. The standard InChI is InChI=1S/C12H16F3N3O2.ClH/c1-7-3-8(17-20-7)6-18(2)11(19)9-4-16-5-10(9)12(13,14)15;/h3,9-10,16H,4-6H2,1-2H3;1H/t9-,10-;/m1./s1. The summed E-state index contributed by atoms with van der Waals surface area (Å²) in [5, 5.41) is 6.36. The number of alkyl halides is 3. The number of aryl methyl sites for hydroxylation is 1. The lowest BCUT2D eigenvalue weighted by atomic mass is 9.94. The molecule has 1 aliphatic heterocycles. The Morgan fingerprint density at radius 1 is 1.52 bits per heavy atom. The predicted octanol–water partition coefficient (Wildman–Crippen LogP) is 1.76. The number of carbonyl (C=O) groups is 1. The third-order valence-corrected chi connectivity index (χ3v) is 3.40. The van der Waals surface area contributed by atoms with Crippen molar-refractivity contribution in [2.24, 2.45) is 11.8 Å². The summed E-state index contributed by atoms with van der Waals surface area (Å²) in [6, 6.07) is 1.65. The molecule has 21 heavy (non-hydrogen) atoms. The van der Waals surface area contributed by atoms with E-state index in [1.807, 2.05) is 0 Å². The van der Waals surface area contributed by atoms with Crippen LogP contribution in [0.4, 0.5) is 13.2 Å². The van der Waals surface area contributed by atoms with Gasteiger partial charge in [-0.2, -0.15) is 13.2 Å². The summed E-state index contributed by atoms with van der Waals surface area (Å²) in [5.74, 6) is -2.64. The number of halogens is 4. The Bertz CT molecular complexity index is 492. The van der Waals surface area contributed by atoms with E-state index in [9.17, 15) is 18.0 Å².